The van der Waals surface area contributed by atoms with Crippen LogP contribution < -0.4 is 0 Å². The third-order valence-corrected chi connectivity index (χ3v) is 2.37. The number of rotatable bonds is 8. The van der Waals surface area contributed by atoms with Crippen molar-refractivity contribution >= 4 is 5.97 Å². The molecule has 0 saturated heterocycles. The first-order valence-electron chi connectivity index (χ1n) is 6.11. The van der Waals surface area contributed by atoms with Crippen LogP contribution in [0.3, 0.4) is 0 Å². The molecule has 0 aliphatic heterocycles. The van der Waals surface area contributed by atoms with Gasteiger partial charge in [0.15, 0.2) is 0 Å². The van der Waals surface area contributed by atoms with Crippen LogP contribution in [0.25, 0.3) is 0 Å². The second-order valence-electron chi connectivity index (χ2n) is 4.12. The molecule has 0 bridgehead atoms. The summed E-state index contributed by atoms with van der Waals surface area (Å²) in [5.74, 6) is -0.137. The molecule has 0 aliphatic carbocycles. The van der Waals surface area contributed by atoms with E-state index < -0.39 is 0 Å². The zero-order valence-electron chi connectivity index (χ0n) is 11.0. The Morgan fingerprint density at radius 3 is 2.62 bits per heavy atom. The lowest BCUT2D eigenvalue weighted by molar-refractivity contribution is -0.147. The molecule has 1 atom stereocenters. The van der Waals surface area contributed by atoms with Gasteiger partial charge in [-0.15, -0.1) is 0 Å². The molecule has 0 fully saturated rings. The number of esters is 1. The van der Waals surface area contributed by atoms with Gasteiger partial charge >= 0.3 is 5.97 Å². The molecule has 1 unspecified atom stereocenters. The fraction of sp³-hybridized carbons (Fsp3) is 0.769. The Hall–Kier alpha value is -0.830. The lowest BCUT2D eigenvalue weighted by Gasteiger charge is -2.12. The Labute approximate surface area is 99.5 Å². The summed E-state index contributed by atoms with van der Waals surface area (Å²) in [5.41, 5.74) is 0. The van der Waals surface area contributed by atoms with Gasteiger partial charge in [0, 0.05) is 6.54 Å². The average Bonchev–Trinajstić information content (AvgIpc) is 2.24. The normalized spacial score (nSPS) is 13.3. The van der Waals surface area contributed by atoms with Crippen molar-refractivity contribution in [1.29, 1.82) is 0 Å². The first-order valence-corrected chi connectivity index (χ1v) is 6.11. The summed E-state index contributed by atoms with van der Waals surface area (Å²) in [6.45, 7) is 8.43. The van der Waals surface area contributed by atoms with E-state index in [2.05, 4.69) is 31.0 Å². The predicted octanol–water partition coefficient (Wildman–Crippen LogP) is 2.47. The molecule has 0 aliphatic rings. The number of likely N-dealkylation sites (N-methyl/N-ethyl adjacent to an activating group) is 1. The molecule has 0 heterocycles. The Balaban J connectivity index is 3.70. The number of nitrogens with zero attached hydrogens (tertiary/aromatic N) is 1. The number of carbonyl (C=O) groups is 1. The van der Waals surface area contributed by atoms with E-state index in [9.17, 15) is 4.79 Å². The fourth-order valence-electron chi connectivity index (χ4n) is 1.41. The van der Waals surface area contributed by atoms with Gasteiger partial charge in [-0.25, -0.2) is 0 Å². The summed E-state index contributed by atoms with van der Waals surface area (Å²) < 4.78 is 4.94. The smallest absolute Gasteiger partial charge is 0.308 e. The summed E-state index contributed by atoms with van der Waals surface area (Å²) in [7, 11) is 2.10. The number of allylic oxidation sites excluding steroid dienone is 1. The minimum atomic E-state index is -0.103. The highest BCUT2D eigenvalue weighted by Gasteiger charge is 2.11. The van der Waals surface area contributed by atoms with Crippen LogP contribution in [0.15, 0.2) is 12.2 Å². The fourth-order valence-corrected chi connectivity index (χ4v) is 1.41. The van der Waals surface area contributed by atoms with E-state index in [-0.39, 0.29) is 11.9 Å². The van der Waals surface area contributed by atoms with Gasteiger partial charge in [0.2, 0.25) is 0 Å². The van der Waals surface area contributed by atoms with Crippen molar-refractivity contribution < 1.29 is 9.53 Å². The Bertz CT molecular complexity index is 214. The molecule has 16 heavy (non-hydrogen) atoms. The molecule has 3 heteroatoms. The standard InChI is InChI=1S/C13H25NO2/c1-5-10-14(4)11-8-7-9-12(3)13(15)16-6-2/h7-8,12H,5-6,9-11H2,1-4H3. The zero-order valence-corrected chi connectivity index (χ0v) is 11.0. The van der Waals surface area contributed by atoms with Gasteiger partial charge in [-0.3, -0.25) is 4.79 Å². The van der Waals surface area contributed by atoms with Crippen molar-refractivity contribution in [2.24, 2.45) is 5.92 Å². The highest BCUT2D eigenvalue weighted by atomic mass is 16.5. The number of ether oxygens (including phenoxy) is 1. The third kappa shape index (κ3) is 7.46. The van der Waals surface area contributed by atoms with Crippen LogP contribution in [-0.4, -0.2) is 37.6 Å². The molecule has 3 nitrogen and oxygen atoms in total. The average molecular weight is 227 g/mol. The van der Waals surface area contributed by atoms with Crippen LogP contribution in [0.5, 0.6) is 0 Å². The van der Waals surface area contributed by atoms with E-state index in [0.717, 1.165) is 19.5 Å². The molecule has 94 valence electrons. The van der Waals surface area contributed by atoms with Crippen molar-refractivity contribution in [1.82, 2.24) is 4.90 Å². The maximum atomic E-state index is 11.3. The van der Waals surface area contributed by atoms with Crippen LogP contribution >= 0.6 is 0 Å². The molecular weight excluding hydrogens is 202 g/mol. The predicted molar refractivity (Wildman–Crippen MR) is 67.3 cm³/mol. The maximum Gasteiger partial charge on any atom is 0.308 e. The SMILES string of the molecule is CCCN(C)CC=CCC(C)C(=O)OCC. The summed E-state index contributed by atoms with van der Waals surface area (Å²) in [4.78, 5) is 13.6. The molecule has 0 saturated carbocycles. The Kier molecular flexibility index (Phi) is 8.91. The van der Waals surface area contributed by atoms with Crippen molar-refractivity contribution in [2.45, 2.75) is 33.6 Å². The van der Waals surface area contributed by atoms with E-state index in [1.54, 1.807) is 0 Å². The maximum absolute atomic E-state index is 11.3. The van der Waals surface area contributed by atoms with Crippen molar-refractivity contribution in [3.63, 3.8) is 0 Å². The van der Waals surface area contributed by atoms with Gasteiger partial charge in [-0.2, -0.15) is 0 Å². The molecule has 0 aromatic heterocycles. The van der Waals surface area contributed by atoms with Crippen molar-refractivity contribution in [3.05, 3.63) is 12.2 Å². The van der Waals surface area contributed by atoms with Gasteiger partial charge in [0.05, 0.1) is 12.5 Å². The lowest BCUT2D eigenvalue weighted by Crippen LogP contribution is -2.19. The lowest BCUT2D eigenvalue weighted by atomic mass is 10.1. The van der Waals surface area contributed by atoms with Crippen LogP contribution in [0.4, 0.5) is 0 Å². The van der Waals surface area contributed by atoms with Gasteiger partial charge in [-0.1, -0.05) is 26.0 Å². The summed E-state index contributed by atoms with van der Waals surface area (Å²) in [6, 6.07) is 0. The highest BCUT2D eigenvalue weighted by Crippen LogP contribution is 2.05. The van der Waals surface area contributed by atoms with E-state index in [4.69, 9.17) is 4.74 Å². The molecule has 0 amide bonds. The molecule has 0 rings (SSSR count). The Morgan fingerprint density at radius 2 is 2.06 bits per heavy atom. The largest absolute Gasteiger partial charge is 0.466 e. The van der Waals surface area contributed by atoms with E-state index in [0.29, 0.717) is 6.61 Å². The summed E-state index contributed by atoms with van der Waals surface area (Å²) in [6.07, 6.45) is 6.11. The molecule has 0 spiro atoms. The topological polar surface area (TPSA) is 29.5 Å². The molecule has 0 N–H and O–H groups in total. The number of hydrogen-bond acceptors (Lipinski definition) is 3. The molecular formula is C13H25NO2. The van der Waals surface area contributed by atoms with Crippen LogP contribution in [-0.2, 0) is 9.53 Å². The summed E-state index contributed by atoms with van der Waals surface area (Å²) in [5, 5.41) is 0. The van der Waals surface area contributed by atoms with Crippen molar-refractivity contribution in [3.8, 4) is 0 Å². The monoisotopic (exact) mass is 227 g/mol. The second-order valence-corrected chi connectivity index (χ2v) is 4.12. The first-order chi connectivity index (χ1) is 7.61. The number of hydrogen-bond donors (Lipinski definition) is 0. The quantitative estimate of drug-likeness (QED) is 0.471. The van der Waals surface area contributed by atoms with Crippen molar-refractivity contribution in [2.75, 3.05) is 26.7 Å². The molecule has 0 aromatic carbocycles. The zero-order chi connectivity index (χ0) is 12.4. The van der Waals surface area contributed by atoms with Gasteiger partial charge in [0.25, 0.3) is 0 Å². The first kappa shape index (κ1) is 15.2. The van der Waals surface area contributed by atoms with E-state index >= 15 is 0 Å². The number of carbonyl (C=O) groups excluding carboxylic acids is 1. The minimum absolute atomic E-state index is 0.0346. The third-order valence-electron chi connectivity index (χ3n) is 2.37. The second kappa shape index (κ2) is 9.40. The van der Waals surface area contributed by atoms with Gasteiger partial charge < -0.3 is 9.64 Å². The van der Waals surface area contributed by atoms with E-state index in [1.165, 1.54) is 6.42 Å². The molecule has 0 aromatic rings. The van der Waals surface area contributed by atoms with Crippen LogP contribution in [0.1, 0.15) is 33.6 Å². The minimum Gasteiger partial charge on any atom is -0.466 e. The van der Waals surface area contributed by atoms with Crippen LogP contribution in [0.2, 0.25) is 0 Å². The Morgan fingerprint density at radius 1 is 1.38 bits per heavy atom. The molecule has 0 radical (unpaired) electrons. The van der Waals surface area contributed by atoms with Gasteiger partial charge in [-0.05, 0) is 33.4 Å². The van der Waals surface area contributed by atoms with E-state index in [1.807, 2.05) is 13.8 Å². The van der Waals surface area contributed by atoms with Gasteiger partial charge in [0.1, 0.15) is 0 Å². The highest BCUT2D eigenvalue weighted by molar-refractivity contribution is 5.72. The van der Waals surface area contributed by atoms with Crippen LogP contribution in [0, 0.1) is 5.92 Å². The summed E-state index contributed by atoms with van der Waals surface area (Å²) >= 11 is 0.